The number of carbonyl (C=O) groups is 2. The van der Waals surface area contributed by atoms with Gasteiger partial charge >= 0.3 is 5.97 Å². The monoisotopic (exact) mass is 224 g/mol. The zero-order valence-electron chi connectivity index (χ0n) is 9.78. The van der Waals surface area contributed by atoms with Crippen LogP contribution in [0.1, 0.15) is 25.4 Å². The lowest BCUT2D eigenvalue weighted by molar-refractivity contribution is -0.151. The lowest BCUT2D eigenvalue weighted by atomic mass is 10.00. The van der Waals surface area contributed by atoms with Gasteiger partial charge in [-0.2, -0.15) is 0 Å². The van der Waals surface area contributed by atoms with Crippen molar-refractivity contribution in [3.63, 3.8) is 0 Å². The van der Waals surface area contributed by atoms with Gasteiger partial charge in [-0.25, -0.2) is 0 Å². The highest BCUT2D eigenvalue weighted by Crippen LogP contribution is 2.14. The normalized spacial score (nSPS) is 12.2. The van der Waals surface area contributed by atoms with E-state index in [1.165, 1.54) is 6.92 Å². The standard InChI is InChI=1S/C12H16O4/c1-4-15-12(14)11(9(3)13)7-10-6-5-8(2)16-10/h5-6,11H,4,7H2,1-3H3. The maximum atomic E-state index is 11.5. The highest BCUT2D eigenvalue weighted by molar-refractivity contribution is 5.97. The number of rotatable bonds is 5. The Morgan fingerprint density at radius 3 is 2.56 bits per heavy atom. The van der Waals surface area contributed by atoms with Crippen LogP contribution in [0.4, 0.5) is 0 Å². The summed E-state index contributed by atoms with van der Waals surface area (Å²) in [6, 6.07) is 3.57. The quantitative estimate of drug-likeness (QED) is 0.566. The number of carbonyl (C=O) groups excluding carboxylic acids is 2. The Morgan fingerprint density at radius 1 is 1.44 bits per heavy atom. The molecule has 1 heterocycles. The fourth-order valence-electron chi connectivity index (χ4n) is 1.43. The van der Waals surface area contributed by atoms with Gasteiger partial charge in [-0.15, -0.1) is 0 Å². The van der Waals surface area contributed by atoms with Crippen LogP contribution < -0.4 is 0 Å². The van der Waals surface area contributed by atoms with E-state index in [4.69, 9.17) is 9.15 Å². The molecule has 4 nitrogen and oxygen atoms in total. The van der Waals surface area contributed by atoms with E-state index in [2.05, 4.69) is 0 Å². The molecule has 1 unspecified atom stereocenters. The molecule has 0 fully saturated rings. The van der Waals surface area contributed by atoms with E-state index in [-0.39, 0.29) is 18.8 Å². The van der Waals surface area contributed by atoms with Gasteiger partial charge in [-0.3, -0.25) is 9.59 Å². The summed E-state index contributed by atoms with van der Waals surface area (Å²) in [5.74, 6) is -0.0472. The molecular formula is C12H16O4. The second-order valence-corrected chi connectivity index (χ2v) is 3.63. The zero-order chi connectivity index (χ0) is 12.1. The molecule has 1 rings (SSSR count). The van der Waals surface area contributed by atoms with Crippen LogP contribution in [0.3, 0.4) is 0 Å². The van der Waals surface area contributed by atoms with E-state index in [1.54, 1.807) is 19.1 Å². The summed E-state index contributed by atoms with van der Waals surface area (Å²) in [6.07, 6.45) is 0.266. The number of hydrogen-bond donors (Lipinski definition) is 0. The van der Waals surface area contributed by atoms with Gasteiger partial charge in [0.2, 0.25) is 0 Å². The van der Waals surface area contributed by atoms with E-state index < -0.39 is 11.9 Å². The second kappa shape index (κ2) is 5.49. The van der Waals surface area contributed by atoms with Crippen molar-refractivity contribution in [3.05, 3.63) is 23.7 Å². The smallest absolute Gasteiger partial charge is 0.316 e. The number of aryl methyl sites for hydroxylation is 1. The fraction of sp³-hybridized carbons (Fsp3) is 0.500. The van der Waals surface area contributed by atoms with Crippen molar-refractivity contribution in [2.75, 3.05) is 6.61 Å². The Labute approximate surface area is 94.6 Å². The minimum atomic E-state index is -0.759. The van der Waals surface area contributed by atoms with Gasteiger partial charge < -0.3 is 9.15 Å². The Bertz CT molecular complexity index is 378. The van der Waals surface area contributed by atoms with E-state index in [0.29, 0.717) is 5.76 Å². The molecule has 0 amide bonds. The summed E-state index contributed by atoms with van der Waals surface area (Å²) < 4.78 is 10.2. The minimum Gasteiger partial charge on any atom is -0.466 e. The molecule has 0 aliphatic heterocycles. The molecule has 0 spiro atoms. The van der Waals surface area contributed by atoms with E-state index in [9.17, 15) is 9.59 Å². The van der Waals surface area contributed by atoms with Crippen LogP contribution in [-0.4, -0.2) is 18.4 Å². The lowest BCUT2D eigenvalue weighted by Gasteiger charge is -2.10. The molecule has 0 aliphatic rings. The molecule has 1 aromatic rings. The Morgan fingerprint density at radius 2 is 2.12 bits per heavy atom. The van der Waals surface area contributed by atoms with Crippen molar-refractivity contribution in [2.24, 2.45) is 5.92 Å². The molecule has 0 saturated carbocycles. The molecule has 0 radical (unpaired) electrons. The average Bonchev–Trinajstić information content (AvgIpc) is 2.60. The lowest BCUT2D eigenvalue weighted by Crippen LogP contribution is -2.26. The first-order valence-electron chi connectivity index (χ1n) is 5.27. The summed E-state index contributed by atoms with van der Waals surface area (Å²) >= 11 is 0. The van der Waals surface area contributed by atoms with E-state index >= 15 is 0 Å². The van der Waals surface area contributed by atoms with Crippen LogP contribution in [0, 0.1) is 12.8 Å². The van der Waals surface area contributed by atoms with Crippen LogP contribution in [0.25, 0.3) is 0 Å². The van der Waals surface area contributed by atoms with Crippen molar-refractivity contribution in [2.45, 2.75) is 27.2 Å². The molecule has 0 bridgehead atoms. The van der Waals surface area contributed by atoms with Gasteiger partial charge in [-0.05, 0) is 32.9 Å². The van der Waals surface area contributed by atoms with Gasteiger partial charge in [0.05, 0.1) is 6.61 Å². The summed E-state index contributed by atoms with van der Waals surface area (Å²) in [6.45, 7) is 5.19. The Kier molecular flexibility index (Phi) is 4.28. The van der Waals surface area contributed by atoms with Crippen LogP contribution in [-0.2, 0) is 20.7 Å². The highest BCUT2D eigenvalue weighted by Gasteiger charge is 2.26. The van der Waals surface area contributed by atoms with Crippen molar-refractivity contribution in [1.82, 2.24) is 0 Å². The topological polar surface area (TPSA) is 56.5 Å². The molecule has 0 aliphatic carbocycles. The Hall–Kier alpha value is -1.58. The summed E-state index contributed by atoms with van der Waals surface area (Å²) in [7, 11) is 0. The van der Waals surface area contributed by atoms with Crippen LogP contribution in [0.2, 0.25) is 0 Å². The molecule has 16 heavy (non-hydrogen) atoms. The number of esters is 1. The van der Waals surface area contributed by atoms with Crippen LogP contribution in [0.15, 0.2) is 16.5 Å². The molecule has 0 saturated heterocycles. The fourth-order valence-corrected chi connectivity index (χ4v) is 1.43. The largest absolute Gasteiger partial charge is 0.466 e. The van der Waals surface area contributed by atoms with Crippen molar-refractivity contribution >= 4 is 11.8 Å². The minimum absolute atomic E-state index is 0.201. The first-order chi connectivity index (χ1) is 7.54. The summed E-state index contributed by atoms with van der Waals surface area (Å²) in [4.78, 5) is 22.8. The van der Waals surface area contributed by atoms with Crippen molar-refractivity contribution in [3.8, 4) is 0 Å². The van der Waals surface area contributed by atoms with Gasteiger partial charge in [-0.1, -0.05) is 0 Å². The summed E-state index contributed by atoms with van der Waals surface area (Å²) in [5.41, 5.74) is 0. The molecule has 0 aromatic carbocycles. The van der Waals surface area contributed by atoms with Crippen molar-refractivity contribution < 1.29 is 18.7 Å². The van der Waals surface area contributed by atoms with Gasteiger partial charge in [0.1, 0.15) is 23.2 Å². The molecular weight excluding hydrogens is 208 g/mol. The first-order valence-corrected chi connectivity index (χ1v) is 5.27. The van der Waals surface area contributed by atoms with Gasteiger partial charge in [0.25, 0.3) is 0 Å². The zero-order valence-corrected chi connectivity index (χ0v) is 9.78. The average molecular weight is 224 g/mol. The SMILES string of the molecule is CCOC(=O)C(Cc1ccc(C)o1)C(C)=O. The second-order valence-electron chi connectivity index (χ2n) is 3.63. The number of furan rings is 1. The van der Waals surface area contributed by atoms with E-state index in [0.717, 1.165) is 5.76 Å². The van der Waals surface area contributed by atoms with Crippen LogP contribution >= 0.6 is 0 Å². The first kappa shape index (κ1) is 12.5. The third-order valence-electron chi connectivity index (χ3n) is 2.26. The molecule has 4 heteroatoms. The van der Waals surface area contributed by atoms with Crippen molar-refractivity contribution in [1.29, 1.82) is 0 Å². The predicted octanol–water partition coefficient (Wildman–Crippen LogP) is 1.90. The number of hydrogen-bond acceptors (Lipinski definition) is 4. The highest BCUT2D eigenvalue weighted by atomic mass is 16.5. The third-order valence-corrected chi connectivity index (χ3v) is 2.26. The molecule has 88 valence electrons. The summed E-state index contributed by atoms with van der Waals surface area (Å²) in [5, 5.41) is 0. The number of Topliss-reactive ketones (excluding diaryl/α,β-unsaturated/α-hetero) is 1. The van der Waals surface area contributed by atoms with Crippen LogP contribution in [0.5, 0.6) is 0 Å². The molecule has 1 aromatic heterocycles. The van der Waals surface area contributed by atoms with Gasteiger partial charge in [0.15, 0.2) is 0 Å². The predicted molar refractivity (Wildman–Crippen MR) is 58.0 cm³/mol. The maximum Gasteiger partial charge on any atom is 0.316 e. The number of ether oxygens (including phenoxy) is 1. The molecule has 0 N–H and O–H groups in total. The Balaban J connectivity index is 2.72. The van der Waals surface area contributed by atoms with Gasteiger partial charge in [0, 0.05) is 6.42 Å². The maximum absolute atomic E-state index is 11.5. The van der Waals surface area contributed by atoms with E-state index in [1.807, 2.05) is 6.92 Å². The third kappa shape index (κ3) is 3.22. The number of ketones is 1. The molecule has 1 atom stereocenters.